The summed E-state index contributed by atoms with van der Waals surface area (Å²) >= 11 is 0. The Morgan fingerprint density at radius 1 is 1.45 bits per heavy atom. The van der Waals surface area contributed by atoms with E-state index in [9.17, 15) is 4.79 Å². The lowest BCUT2D eigenvalue weighted by atomic mass is 10.2. The Balaban J connectivity index is 1.77. The van der Waals surface area contributed by atoms with Crippen LogP contribution in [0.3, 0.4) is 0 Å². The highest BCUT2D eigenvalue weighted by Crippen LogP contribution is 2.15. The molecule has 1 heterocycles. The first kappa shape index (κ1) is 14.8. The third-order valence-electron chi connectivity index (χ3n) is 3.70. The lowest BCUT2D eigenvalue weighted by molar-refractivity contribution is 0.100. The van der Waals surface area contributed by atoms with Crippen LogP contribution >= 0.6 is 0 Å². The molecule has 1 aliphatic heterocycles. The fourth-order valence-corrected chi connectivity index (χ4v) is 2.42. The number of likely N-dealkylation sites (tertiary alicyclic amines) is 1. The van der Waals surface area contributed by atoms with E-state index in [0.29, 0.717) is 32.3 Å². The van der Waals surface area contributed by atoms with Gasteiger partial charge < -0.3 is 14.7 Å². The molecule has 1 atom stereocenters. The van der Waals surface area contributed by atoms with Gasteiger partial charge in [0.2, 0.25) is 0 Å². The standard InChI is InChI=1S/C15H22N2O3/c1-16(9-10-18)14-7-8-17(11-14)15(19)20-12-13-5-3-2-4-6-13/h2-6,14,18H,7-12H2,1H3. The average molecular weight is 278 g/mol. The van der Waals surface area contributed by atoms with Crippen molar-refractivity contribution < 1.29 is 14.6 Å². The van der Waals surface area contributed by atoms with E-state index in [0.717, 1.165) is 12.0 Å². The molecule has 2 rings (SSSR count). The number of carbonyl (C=O) groups is 1. The van der Waals surface area contributed by atoms with E-state index in [4.69, 9.17) is 9.84 Å². The van der Waals surface area contributed by atoms with Crippen molar-refractivity contribution >= 4 is 6.09 Å². The van der Waals surface area contributed by atoms with Crippen molar-refractivity contribution in [3.05, 3.63) is 35.9 Å². The zero-order valence-electron chi connectivity index (χ0n) is 11.9. The maximum Gasteiger partial charge on any atom is 0.410 e. The molecular formula is C15H22N2O3. The summed E-state index contributed by atoms with van der Waals surface area (Å²) in [6.07, 6.45) is 0.672. The molecule has 1 amide bonds. The Bertz CT molecular complexity index is 424. The molecule has 1 saturated heterocycles. The van der Waals surface area contributed by atoms with Crippen LogP contribution in [0.15, 0.2) is 30.3 Å². The van der Waals surface area contributed by atoms with Crippen LogP contribution in [-0.2, 0) is 11.3 Å². The second-order valence-electron chi connectivity index (χ2n) is 5.13. The number of aliphatic hydroxyl groups excluding tert-OH is 1. The molecule has 0 bridgehead atoms. The molecule has 0 saturated carbocycles. The van der Waals surface area contributed by atoms with Gasteiger partial charge in [-0.25, -0.2) is 4.79 Å². The van der Waals surface area contributed by atoms with E-state index < -0.39 is 0 Å². The third kappa shape index (κ3) is 3.95. The lowest BCUT2D eigenvalue weighted by Crippen LogP contribution is -2.38. The number of benzene rings is 1. The van der Waals surface area contributed by atoms with E-state index in [1.165, 1.54) is 0 Å². The number of hydrogen-bond acceptors (Lipinski definition) is 4. The number of carbonyl (C=O) groups excluding carboxylic acids is 1. The van der Waals surface area contributed by atoms with Crippen molar-refractivity contribution in [2.45, 2.75) is 19.1 Å². The fraction of sp³-hybridized carbons (Fsp3) is 0.533. The van der Waals surface area contributed by atoms with Crippen LogP contribution in [0.1, 0.15) is 12.0 Å². The second kappa shape index (κ2) is 7.26. The Hall–Kier alpha value is -1.59. The summed E-state index contributed by atoms with van der Waals surface area (Å²) in [7, 11) is 1.97. The molecule has 0 radical (unpaired) electrons. The van der Waals surface area contributed by atoms with Gasteiger partial charge in [0, 0.05) is 25.7 Å². The fourth-order valence-electron chi connectivity index (χ4n) is 2.42. The van der Waals surface area contributed by atoms with Crippen LogP contribution in [0.25, 0.3) is 0 Å². The highest BCUT2D eigenvalue weighted by molar-refractivity contribution is 5.68. The molecule has 1 N–H and O–H groups in total. The Morgan fingerprint density at radius 2 is 2.20 bits per heavy atom. The molecule has 20 heavy (non-hydrogen) atoms. The number of likely N-dealkylation sites (N-methyl/N-ethyl adjacent to an activating group) is 1. The first-order valence-electron chi connectivity index (χ1n) is 6.97. The quantitative estimate of drug-likeness (QED) is 0.882. The molecule has 1 fully saturated rings. The van der Waals surface area contributed by atoms with Gasteiger partial charge >= 0.3 is 6.09 Å². The molecule has 0 aromatic heterocycles. The van der Waals surface area contributed by atoms with Crippen molar-refractivity contribution in [3.63, 3.8) is 0 Å². The number of aliphatic hydroxyl groups is 1. The zero-order chi connectivity index (χ0) is 14.4. The lowest BCUT2D eigenvalue weighted by Gasteiger charge is -2.23. The molecule has 110 valence electrons. The summed E-state index contributed by atoms with van der Waals surface area (Å²) in [4.78, 5) is 15.8. The number of amides is 1. The van der Waals surface area contributed by atoms with Gasteiger partial charge in [-0.2, -0.15) is 0 Å². The Morgan fingerprint density at radius 3 is 2.90 bits per heavy atom. The SMILES string of the molecule is CN(CCO)C1CCN(C(=O)OCc2ccccc2)C1. The van der Waals surface area contributed by atoms with E-state index >= 15 is 0 Å². The van der Waals surface area contributed by atoms with Gasteiger partial charge in [0.05, 0.1) is 6.61 Å². The van der Waals surface area contributed by atoms with E-state index in [2.05, 4.69) is 4.90 Å². The monoisotopic (exact) mass is 278 g/mol. The van der Waals surface area contributed by atoms with Crippen LogP contribution < -0.4 is 0 Å². The molecule has 5 nitrogen and oxygen atoms in total. The molecule has 1 aromatic rings. The second-order valence-corrected chi connectivity index (χ2v) is 5.13. The van der Waals surface area contributed by atoms with Crippen LogP contribution in [0.4, 0.5) is 4.79 Å². The van der Waals surface area contributed by atoms with Gasteiger partial charge in [-0.05, 0) is 19.0 Å². The summed E-state index contributed by atoms with van der Waals surface area (Å²) in [5.74, 6) is 0. The predicted molar refractivity (Wildman–Crippen MR) is 76.3 cm³/mol. The highest BCUT2D eigenvalue weighted by atomic mass is 16.6. The summed E-state index contributed by atoms with van der Waals surface area (Å²) in [5, 5.41) is 8.94. The van der Waals surface area contributed by atoms with Gasteiger partial charge in [0.15, 0.2) is 0 Å². The topological polar surface area (TPSA) is 53.0 Å². The minimum atomic E-state index is -0.256. The molecule has 1 unspecified atom stereocenters. The van der Waals surface area contributed by atoms with Crippen LogP contribution in [0.5, 0.6) is 0 Å². The van der Waals surface area contributed by atoms with Gasteiger partial charge in [-0.15, -0.1) is 0 Å². The maximum absolute atomic E-state index is 12.0. The van der Waals surface area contributed by atoms with E-state index in [1.54, 1.807) is 4.90 Å². The molecule has 1 aromatic carbocycles. The average Bonchev–Trinajstić information content (AvgIpc) is 2.96. The first-order chi connectivity index (χ1) is 9.70. The number of nitrogens with zero attached hydrogens (tertiary/aromatic N) is 2. The van der Waals surface area contributed by atoms with Gasteiger partial charge in [0.25, 0.3) is 0 Å². The van der Waals surface area contributed by atoms with E-state index in [1.807, 2.05) is 37.4 Å². The molecule has 1 aliphatic rings. The smallest absolute Gasteiger partial charge is 0.410 e. The van der Waals surface area contributed by atoms with Gasteiger partial charge in [0.1, 0.15) is 6.61 Å². The van der Waals surface area contributed by atoms with Crippen LogP contribution in [0, 0.1) is 0 Å². The summed E-state index contributed by atoms with van der Waals surface area (Å²) in [5.41, 5.74) is 0.994. The largest absolute Gasteiger partial charge is 0.445 e. The molecule has 0 aliphatic carbocycles. The normalized spacial score (nSPS) is 18.6. The summed E-state index contributed by atoms with van der Waals surface area (Å²) < 4.78 is 5.32. The highest BCUT2D eigenvalue weighted by Gasteiger charge is 2.29. The van der Waals surface area contributed by atoms with Gasteiger partial charge in [-0.1, -0.05) is 30.3 Å². The molecular weight excluding hydrogens is 256 g/mol. The Kier molecular flexibility index (Phi) is 5.38. The molecule has 0 spiro atoms. The maximum atomic E-state index is 12.0. The summed E-state index contributed by atoms with van der Waals surface area (Å²) in [6.45, 7) is 2.48. The van der Waals surface area contributed by atoms with Crippen molar-refractivity contribution in [1.29, 1.82) is 0 Å². The Labute approximate surface area is 119 Å². The molecule has 5 heteroatoms. The van der Waals surface area contributed by atoms with Crippen molar-refractivity contribution in [3.8, 4) is 0 Å². The number of ether oxygens (including phenoxy) is 1. The summed E-state index contributed by atoms with van der Waals surface area (Å²) in [6, 6.07) is 9.99. The predicted octanol–water partition coefficient (Wildman–Crippen LogP) is 1.32. The number of hydrogen-bond donors (Lipinski definition) is 1. The number of rotatable bonds is 5. The minimum Gasteiger partial charge on any atom is -0.445 e. The zero-order valence-corrected chi connectivity index (χ0v) is 11.9. The van der Waals surface area contributed by atoms with Crippen LogP contribution in [0.2, 0.25) is 0 Å². The third-order valence-corrected chi connectivity index (χ3v) is 3.70. The van der Waals surface area contributed by atoms with Crippen molar-refractivity contribution in [2.24, 2.45) is 0 Å². The first-order valence-corrected chi connectivity index (χ1v) is 6.97. The van der Waals surface area contributed by atoms with Gasteiger partial charge in [-0.3, -0.25) is 4.90 Å². The van der Waals surface area contributed by atoms with E-state index in [-0.39, 0.29) is 12.7 Å². The van der Waals surface area contributed by atoms with Crippen LogP contribution in [-0.4, -0.2) is 60.3 Å². The van der Waals surface area contributed by atoms with Crippen molar-refractivity contribution in [1.82, 2.24) is 9.80 Å². The minimum absolute atomic E-state index is 0.144. The van der Waals surface area contributed by atoms with Crippen molar-refractivity contribution in [2.75, 3.05) is 33.3 Å².